The molecule has 0 aliphatic carbocycles. The average molecular weight is 292 g/mol. The van der Waals surface area contributed by atoms with E-state index in [1.807, 2.05) is 28.6 Å². The van der Waals surface area contributed by atoms with Gasteiger partial charge in [-0.1, -0.05) is 6.07 Å². The van der Waals surface area contributed by atoms with Gasteiger partial charge in [0.1, 0.15) is 0 Å². The fourth-order valence-electron chi connectivity index (χ4n) is 2.48. The number of amides is 1. The minimum atomic E-state index is 0.174. The van der Waals surface area contributed by atoms with Crippen LogP contribution in [0.4, 0.5) is 0 Å². The van der Waals surface area contributed by atoms with Crippen molar-refractivity contribution in [1.29, 1.82) is 0 Å². The SMILES string of the molecule is Cc1cnc([C@@H]2CCCN(C(=O)c3cccs3)C2)s1. The second-order valence-electron chi connectivity index (χ2n) is 4.88. The number of carbonyl (C=O) groups is 1. The van der Waals surface area contributed by atoms with Gasteiger partial charge in [0.05, 0.1) is 9.88 Å². The third kappa shape index (κ3) is 2.72. The number of hydrogen-bond donors (Lipinski definition) is 0. The molecule has 3 rings (SSSR count). The normalized spacial score (nSPS) is 19.6. The Balaban J connectivity index is 1.73. The van der Waals surface area contributed by atoms with Crippen molar-refractivity contribution >= 4 is 28.6 Å². The van der Waals surface area contributed by atoms with Gasteiger partial charge in [0, 0.05) is 30.1 Å². The van der Waals surface area contributed by atoms with E-state index in [2.05, 4.69) is 11.9 Å². The Kier molecular flexibility index (Phi) is 3.66. The van der Waals surface area contributed by atoms with Gasteiger partial charge in [0.2, 0.25) is 0 Å². The Morgan fingerprint density at radius 2 is 2.42 bits per heavy atom. The van der Waals surface area contributed by atoms with E-state index in [0.29, 0.717) is 5.92 Å². The second kappa shape index (κ2) is 5.43. The molecular weight excluding hydrogens is 276 g/mol. The summed E-state index contributed by atoms with van der Waals surface area (Å²) in [4.78, 5) is 20.9. The first-order valence-electron chi connectivity index (χ1n) is 6.49. The third-order valence-electron chi connectivity index (χ3n) is 3.43. The Hall–Kier alpha value is -1.20. The number of rotatable bonds is 2. The van der Waals surface area contributed by atoms with Crippen molar-refractivity contribution < 1.29 is 4.79 Å². The van der Waals surface area contributed by atoms with Crippen LogP contribution < -0.4 is 0 Å². The van der Waals surface area contributed by atoms with Crippen LogP contribution in [0.1, 0.15) is 38.3 Å². The molecule has 1 fully saturated rings. The molecule has 5 heteroatoms. The lowest BCUT2D eigenvalue weighted by atomic mass is 9.98. The molecule has 2 aromatic rings. The smallest absolute Gasteiger partial charge is 0.263 e. The highest BCUT2D eigenvalue weighted by Crippen LogP contribution is 2.30. The van der Waals surface area contributed by atoms with E-state index in [-0.39, 0.29) is 5.91 Å². The molecule has 0 spiro atoms. The molecule has 1 aliphatic rings. The molecule has 3 heterocycles. The van der Waals surface area contributed by atoms with Crippen molar-refractivity contribution in [1.82, 2.24) is 9.88 Å². The molecule has 0 bridgehead atoms. The van der Waals surface area contributed by atoms with E-state index in [0.717, 1.165) is 30.8 Å². The van der Waals surface area contributed by atoms with Crippen LogP contribution >= 0.6 is 22.7 Å². The minimum absolute atomic E-state index is 0.174. The molecule has 0 aromatic carbocycles. The van der Waals surface area contributed by atoms with Crippen molar-refractivity contribution in [3.05, 3.63) is 38.5 Å². The van der Waals surface area contributed by atoms with Gasteiger partial charge in [-0.05, 0) is 31.2 Å². The number of thiophene rings is 1. The van der Waals surface area contributed by atoms with Gasteiger partial charge in [0.15, 0.2) is 0 Å². The highest BCUT2D eigenvalue weighted by Gasteiger charge is 2.27. The summed E-state index contributed by atoms with van der Waals surface area (Å²) in [6, 6.07) is 3.84. The Bertz CT molecular complexity index is 562. The van der Waals surface area contributed by atoms with Crippen LogP contribution in [-0.2, 0) is 0 Å². The monoisotopic (exact) mass is 292 g/mol. The number of carbonyl (C=O) groups excluding carboxylic acids is 1. The van der Waals surface area contributed by atoms with Crippen LogP contribution in [0, 0.1) is 6.92 Å². The lowest BCUT2D eigenvalue weighted by molar-refractivity contribution is 0.0712. The highest BCUT2D eigenvalue weighted by molar-refractivity contribution is 7.12. The van der Waals surface area contributed by atoms with E-state index in [1.165, 1.54) is 21.2 Å². The number of aromatic nitrogens is 1. The number of piperidine rings is 1. The summed E-state index contributed by atoms with van der Waals surface area (Å²) in [6.07, 6.45) is 4.14. The summed E-state index contributed by atoms with van der Waals surface area (Å²) >= 11 is 3.28. The van der Waals surface area contributed by atoms with Gasteiger partial charge >= 0.3 is 0 Å². The van der Waals surface area contributed by atoms with E-state index >= 15 is 0 Å². The van der Waals surface area contributed by atoms with Crippen molar-refractivity contribution in [2.24, 2.45) is 0 Å². The molecule has 19 heavy (non-hydrogen) atoms. The van der Waals surface area contributed by atoms with Crippen LogP contribution in [0.5, 0.6) is 0 Å². The summed E-state index contributed by atoms with van der Waals surface area (Å²) in [5.74, 6) is 0.587. The molecule has 0 unspecified atom stereocenters. The van der Waals surface area contributed by atoms with Gasteiger partial charge in [-0.2, -0.15) is 0 Å². The largest absolute Gasteiger partial charge is 0.337 e. The summed E-state index contributed by atoms with van der Waals surface area (Å²) in [5, 5.41) is 3.14. The van der Waals surface area contributed by atoms with Crippen LogP contribution in [0.2, 0.25) is 0 Å². The van der Waals surface area contributed by atoms with E-state index in [4.69, 9.17) is 0 Å². The van der Waals surface area contributed by atoms with Crippen molar-refractivity contribution in [2.45, 2.75) is 25.7 Å². The molecule has 1 amide bonds. The van der Waals surface area contributed by atoms with Crippen molar-refractivity contribution in [3.63, 3.8) is 0 Å². The van der Waals surface area contributed by atoms with Gasteiger partial charge < -0.3 is 4.90 Å². The van der Waals surface area contributed by atoms with Gasteiger partial charge in [-0.15, -0.1) is 22.7 Å². The van der Waals surface area contributed by atoms with Gasteiger partial charge in [0.25, 0.3) is 5.91 Å². The molecule has 1 saturated heterocycles. The Morgan fingerprint density at radius 3 is 3.11 bits per heavy atom. The maximum Gasteiger partial charge on any atom is 0.263 e. The zero-order valence-corrected chi connectivity index (χ0v) is 12.5. The lowest BCUT2D eigenvalue weighted by Crippen LogP contribution is -2.38. The van der Waals surface area contributed by atoms with Crippen LogP contribution in [0.15, 0.2) is 23.7 Å². The van der Waals surface area contributed by atoms with Gasteiger partial charge in [-0.25, -0.2) is 4.98 Å². The standard InChI is InChI=1S/C14H16N2OS2/c1-10-8-15-13(19-10)11-4-2-6-16(9-11)14(17)12-5-3-7-18-12/h3,5,7-8,11H,2,4,6,9H2,1H3/t11-/m1/s1. The molecule has 0 N–H and O–H groups in total. The number of thiazole rings is 1. The average Bonchev–Trinajstić information content (AvgIpc) is 3.09. The maximum atomic E-state index is 12.4. The van der Waals surface area contributed by atoms with Crippen LogP contribution in [-0.4, -0.2) is 28.9 Å². The van der Waals surface area contributed by atoms with Crippen LogP contribution in [0.3, 0.4) is 0 Å². The Labute approximate surface area is 120 Å². The molecule has 100 valence electrons. The molecule has 0 radical (unpaired) electrons. The van der Waals surface area contributed by atoms with Crippen molar-refractivity contribution in [3.8, 4) is 0 Å². The summed E-state index contributed by atoms with van der Waals surface area (Å²) in [7, 11) is 0. The first-order valence-corrected chi connectivity index (χ1v) is 8.19. The maximum absolute atomic E-state index is 12.4. The number of aryl methyl sites for hydroxylation is 1. The minimum Gasteiger partial charge on any atom is -0.337 e. The number of nitrogens with zero attached hydrogens (tertiary/aromatic N) is 2. The third-order valence-corrected chi connectivity index (χ3v) is 5.36. The Morgan fingerprint density at radius 1 is 1.53 bits per heavy atom. The lowest BCUT2D eigenvalue weighted by Gasteiger charge is -2.31. The molecular formula is C14H16N2OS2. The predicted molar refractivity (Wildman–Crippen MR) is 79.0 cm³/mol. The fraction of sp³-hybridized carbons (Fsp3) is 0.429. The molecule has 2 aromatic heterocycles. The summed E-state index contributed by atoms with van der Waals surface area (Å²) < 4.78 is 0. The summed E-state index contributed by atoms with van der Waals surface area (Å²) in [6.45, 7) is 3.76. The topological polar surface area (TPSA) is 33.2 Å². The predicted octanol–water partition coefficient (Wildman–Crippen LogP) is 3.53. The molecule has 0 saturated carbocycles. The first-order chi connectivity index (χ1) is 9.24. The second-order valence-corrected chi connectivity index (χ2v) is 7.09. The number of likely N-dealkylation sites (tertiary alicyclic amines) is 1. The molecule has 1 aliphatic heterocycles. The first kappa shape index (κ1) is 12.8. The van der Waals surface area contributed by atoms with Crippen molar-refractivity contribution in [2.75, 3.05) is 13.1 Å². The quantitative estimate of drug-likeness (QED) is 0.848. The van der Waals surface area contributed by atoms with E-state index < -0.39 is 0 Å². The molecule has 3 nitrogen and oxygen atoms in total. The number of hydrogen-bond acceptors (Lipinski definition) is 4. The van der Waals surface area contributed by atoms with E-state index in [9.17, 15) is 4.79 Å². The zero-order chi connectivity index (χ0) is 13.2. The fourth-order valence-corrected chi connectivity index (χ4v) is 4.07. The molecule has 1 atom stereocenters. The summed E-state index contributed by atoms with van der Waals surface area (Å²) in [5.41, 5.74) is 0. The van der Waals surface area contributed by atoms with Gasteiger partial charge in [-0.3, -0.25) is 4.79 Å². The van der Waals surface area contributed by atoms with E-state index in [1.54, 1.807) is 11.3 Å². The van der Waals surface area contributed by atoms with Crippen LogP contribution in [0.25, 0.3) is 0 Å². The highest BCUT2D eigenvalue weighted by atomic mass is 32.1. The zero-order valence-electron chi connectivity index (χ0n) is 10.8.